The van der Waals surface area contributed by atoms with E-state index in [0.717, 1.165) is 25.8 Å². The molecule has 1 aliphatic carbocycles. The van der Waals surface area contributed by atoms with Gasteiger partial charge in [-0.05, 0) is 47.8 Å². The van der Waals surface area contributed by atoms with Gasteiger partial charge in [-0.15, -0.1) is 0 Å². The lowest BCUT2D eigenvalue weighted by Gasteiger charge is -2.35. The van der Waals surface area contributed by atoms with E-state index in [1.807, 2.05) is 0 Å². The normalized spacial score (nSPS) is 22.3. The standard InChI is InChI=1S/C12H17N3O3/c1-2-5-13-9-7-10(8-9)18-11-4-3-6-14-12(11)15(16)17/h3-4,6,9-10,13H,2,5,7-8H2,1H3. The van der Waals surface area contributed by atoms with Crippen molar-refractivity contribution in [1.82, 2.24) is 10.3 Å². The zero-order valence-corrected chi connectivity index (χ0v) is 10.3. The Morgan fingerprint density at radius 3 is 3.06 bits per heavy atom. The highest BCUT2D eigenvalue weighted by Gasteiger charge is 2.32. The first kappa shape index (κ1) is 12.8. The molecule has 0 aromatic carbocycles. The summed E-state index contributed by atoms with van der Waals surface area (Å²) in [6.45, 7) is 3.13. The number of nitro groups is 1. The second-order valence-corrected chi connectivity index (χ2v) is 4.44. The van der Waals surface area contributed by atoms with E-state index in [1.54, 1.807) is 12.1 Å². The lowest BCUT2D eigenvalue weighted by Crippen LogP contribution is -2.47. The van der Waals surface area contributed by atoms with Gasteiger partial charge in [-0.3, -0.25) is 0 Å². The molecular formula is C12H17N3O3. The number of hydrogen-bond acceptors (Lipinski definition) is 5. The Balaban J connectivity index is 1.87. The van der Waals surface area contributed by atoms with Gasteiger partial charge < -0.3 is 20.2 Å². The molecule has 0 saturated heterocycles. The Kier molecular flexibility index (Phi) is 4.09. The number of pyridine rings is 1. The maximum absolute atomic E-state index is 10.8. The van der Waals surface area contributed by atoms with Crippen LogP contribution in [0, 0.1) is 10.1 Å². The predicted octanol–water partition coefficient (Wildman–Crippen LogP) is 1.90. The van der Waals surface area contributed by atoms with Gasteiger partial charge in [0.15, 0.2) is 0 Å². The first-order chi connectivity index (χ1) is 8.70. The fraction of sp³-hybridized carbons (Fsp3) is 0.583. The van der Waals surface area contributed by atoms with Crippen LogP contribution >= 0.6 is 0 Å². The summed E-state index contributed by atoms with van der Waals surface area (Å²) in [7, 11) is 0. The predicted molar refractivity (Wildman–Crippen MR) is 66.6 cm³/mol. The summed E-state index contributed by atoms with van der Waals surface area (Å²) < 4.78 is 5.61. The van der Waals surface area contributed by atoms with Gasteiger partial charge >= 0.3 is 5.82 Å². The Labute approximate surface area is 106 Å². The molecule has 1 saturated carbocycles. The fourth-order valence-electron chi connectivity index (χ4n) is 1.97. The van der Waals surface area contributed by atoms with Crippen LogP contribution in [0.4, 0.5) is 5.82 Å². The van der Waals surface area contributed by atoms with Crippen LogP contribution in [0.3, 0.4) is 0 Å². The number of ether oxygens (including phenoxy) is 1. The molecule has 0 amide bonds. The molecule has 0 aliphatic heterocycles. The molecule has 0 atom stereocenters. The third-order valence-electron chi connectivity index (χ3n) is 3.00. The molecule has 6 nitrogen and oxygen atoms in total. The van der Waals surface area contributed by atoms with Crippen LogP contribution in [0.25, 0.3) is 0 Å². The molecule has 0 radical (unpaired) electrons. The molecule has 6 heteroatoms. The molecule has 1 aliphatic rings. The summed E-state index contributed by atoms with van der Waals surface area (Å²) in [5.74, 6) is 0.0592. The number of aromatic nitrogens is 1. The number of nitrogens with zero attached hydrogens (tertiary/aromatic N) is 2. The van der Waals surface area contributed by atoms with Gasteiger partial charge in [0.2, 0.25) is 5.75 Å². The van der Waals surface area contributed by atoms with Crippen molar-refractivity contribution in [3.63, 3.8) is 0 Å². The quantitative estimate of drug-likeness (QED) is 0.617. The lowest BCUT2D eigenvalue weighted by atomic mass is 9.89. The molecule has 1 aromatic rings. The number of hydrogen-bond donors (Lipinski definition) is 1. The number of nitrogens with one attached hydrogen (secondary N) is 1. The molecule has 1 aromatic heterocycles. The molecule has 2 rings (SSSR count). The maximum atomic E-state index is 10.8. The Bertz CT molecular complexity index is 419. The van der Waals surface area contributed by atoms with Crippen LogP contribution in [0.2, 0.25) is 0 Å². The van der Waals surface area contributed by atoms with Gasteiger partial charge in [-0.25, -0.2) is 0 Å². The molecule has 98 valence electrons. The van der Waals surface area contributed by atoms with E-state index in [4.69, 9.17) is 4.74 Å². The summed E-state index contributed by atoms with van der Waals surface area (Å²) in [6.07, 6.45) is 4.35. The zero-order chi connectivity index (χ0) is 13.0. The summed E-state index contributed by atoms with van der Waals surface area (Å²) in [4.78, 5) is 14.0. The minimum Gasteiger partial charge on any atom is -0.482 e. The van der Waals surface area contributed by atoms with Crippen molar-refractivity contribution in [3.05, 3.63) is 28.4 Å². The fourth-order valence-corrected chi connectivity index (χ4v) is 1.97. The molecule has 1 fully saturated rings. The zero-order valence-electron chi connectivity index (χ0n) is 10.3. The first-order valence-corrected chi connectivity index (χ1v) is 6.20. The smallest absolute Gasteiger partial charge is 0.406 e. The topological polar surface area (TPSA) is 77.3 Å². The summed E-state index contributed by atoms with van der Waals surface area (Å²) >= 11 is 0. The SMILES string of the molecule is CCCNC1CC(Oc2cccnc2[N+](=O)[O-])C1. The monoisotopic (exact) mass is 251 g/mol. The van der Waals surface area contributed by atoms with E-state index in [9.17, 15) is 10.1 Å². The summed E-state index contributed by atoms with van der Waals surface area (Å²) in [6, 6.07) is 3.72. The minimum atomic E-state index is -0.513. The average Bonchev–Trinajstić information content (AvgIpc) is 2.32. The highest BCUT2D eigenvalue weighted by atomic mass is 16.6. The third-order valence-corrected chi connectivity index (χ3v) is 3.00. The van der Waals surface area contributed by atoms with E-state index < -0.39 is 4.92 Å². The largest absolute Gasteiger partial charge is 0.482 e. The Morgan fingerprint density at radius 2 is 2.39 bits per heavy atom. The van der Waals surface area contributed by atoms with E-state index in [-0.39, 0.29) is 17.7 Å². The van der Waals surface area contributed by atoms with Crippen LogP contribution < -0.4 is 10.1 Å². The second-order valence-electron chi connectivity index (χ2n) is 4.44. The number of rotatable bonds is 6. The van der Waals surface area contributed by atoms with Crippen LogP contribution in [-0.4, -0.2) is 28.6 Å². The summed E-state index contributed by atoms with van der Waals surface area (Å²) in [5, 5.41) is 14.2. The molecule has 0 spiro atoms. The van der Waals surface area contributed by atoms with Crippen molar-refractivity contribution in [3.8, 4) is 5.75 Å². The van der Waals surface area contributed by atoms with Crippen molar-refractivity contribution < 1.29 is 9.66 Å². The van der Waals surface area contributed by atoms with Crippen molar-refractivity contribution >= 4 is 5.82 Å². The van der Waals surface area contributed by atoms with Gasteiger partial charge in [0.05, 0.1) is 0 Å². The van der Waals surface area contributed by atoms with Crippen molar-refractivity contribution in [2.45, 2.75) is 38.3 Å². The minimum absolute atomic E-state index is 0.0576. The average molecular weight is 251 g/mol. The second kappa shape index (κ2) is 5.77. The van der Waals surface area contributed by atoms with Crippen molar-refractivity contribution in [2.24, 2.45) is 0 Å². The van der Waals surface area contributed by atoms with Crippen LogP contribution in [-0.2, 0) is 0 Å². The molecule has 1 N–H and O–H groups in total. The Hall–Kier alpha value is -1.69. The van der Waals surface area contributed by atoms with Crippen LogP contribution in [0.5, 0.6) is 5.75 Å². The van der Waals surface area contributed by atoms with E-state index in [2.05, 4.69) is 17.2 Å². The Morgan fingerprint density at radius 1 is 1.61 bits per heavy atom. The van der Waals surface area contributed by atoms with Gasteiger partial charge in [0.25, 0.3) is 0 Å². The molecule has 18 heavy (non-hydrogen) atoms. The lowest BCUT2D eigenvalue weighted by molar-refractivity contribution is -0.390. The van der Waals surface area contributed by atoms with E-state index in [1.165, 1.54) is 6.20 Å². The van der Waals surface area contributed by atoms with Gasteiger partial charge in [0.1, 0.15) is 12.3 Å². The maximum Gasteiger partial charge on any atom is 0.406 e. The van der Waals surface area contributed by atoms with E-state index >= 15 is 0 Å². The molecule has 0 bridgehead atoms. The van der Waals surface area contributed by atoms with Crippen LogP contribution in [0.1, 0.15) is 26.2 Å². The van der Waals surface area contributed by atoms with Crippen molar-refractivity contribution in [1.29, 1.82) is 0 Å². The van der Waals surface area contributed by atoms with Crippen LogP contribution in [0.15, 0.2) is 18.3 Å². The molecular weight excluding hydrogens is 234 g/mol. The molecule has 1 heterocycles. The highest BCUT2D eigenvalue weighted by Crippen LogP contribution is 2.30. The van der Waals surface area contributed by atoms with E-state index in [0.29, 0.717) is 6.04 Å². The van der Waals surface area contributed by atoms with Gasteiger partial charge in [-0.1, -0.05) is 6.92 Å². The summed E-state index contributed by atoms with van der Waals surface area (Å²) in [5.41, 5.74) is 0. The highest BCUT2D eigenvalue weighted by molar-refractivity contribution is 5.38. The third kappa shape index (κ3) is 2.95. The van der Waals surface area contributed by atoms with Crippen molar-refractivity contribution in [2.75, 3.05) is 6.54 Å². The van der Waals surface area contributed by atoms with Gasteiger partial charge in [-0.2, -0.15) is 0 Å². The van der Waals surface area contributed by atoms with Gasteiger partial charge in [0, 0.05) is 6.04 Å². The first-order valence-electron chi connectivity index (χ1n) is 6.20. The molecule has 0 unspecified atom stereocenters.